The molecule has 0 aromatic carbocycles. The highest BCUT2D eigenvalue weighted by atomic mass is 16.4. The summed E-state index contributed by atoms with van der Waals surface area (Å²) < 4.78 is 0. The molecule has 0 saturated carbocycles. The maximum atomic E-state index is 11.7. The van der Waals surface area contributed by atoms with Crippen LogP contribution in [0.5, 0.6) is 0 Å². The van der Waals surface area contributed by atoms with Crippen LogP contribution in [0.2, 0.25) is 0 Å². The van der Waals surface area contributed by atoms with Crippen molar-refractivity contribution >= 4 is 11.9 Å². The van der Waals surface area contributed by atoms with Crippen molar-refractivity contribution in [3.63, 3.8) is 0 Å². The van der Waals surface area contributed by atoms with Crippen LogP contribution in [0.25, 0.3) is 0 Å². The predicted molar refractivity (Wildman–Crippen MR) is 64.8 cm³/mol. The molecule has 17 heavy (non-hydrogen) atoms. The summed E-state index contributed by atoms with van der Waals surface area (Å²) in [4.78, 5) is 21.9. The fraction of sp³-hybridized carbons (Fsp3) is 0.833. The summed E-state index contributed by atoms with van der Waals surface area (Å²) in [7, 11) is 0. The first kappa shape index (κ1) is 14.0. The van der Waals surface area contributed by atoms with Crippen molar-refractivity contribution in [2.24, 2.45) is 0 Å². The van der Waals surface area contributed by atoms with Crippen LogP contribution in [0.4, 0.5) is 0 Å². The summed E-state index contributed by atoms with van der Waals surface area (Å²) in [5.41, 5.74) is 0. The Hall–Kier alpha value is -1.10. The normalized spacial score (nSPS) is 19.9. The molecule has 1 heterocycles. The second-order valence-corrected chi connectivity index (χ2v) is 4.50. The van der Waals surface area contributed by atoms with Gasteiger partial charge >= 0.3 is 5.97 Å². The molecular formula is C12H22N2O3. The Bertz CT molecular complexity index is 250. The van der Waals surface area contributed by atoms with E-state index in [9.17, 15) is 9.59 Å². The number of nitrogens with one attached hydrogen (secondary N) is 2. The molecule has 1 fully saturated rings. The van der Waals surface area contributed by atoms with Gasteiger partial charge in [-0.05, 0) is 32.2 Å². The molecule has 1 amide bonds. The molecule has 0 aliphatic carbocycles. The van der Waals surface area contributed by atoms with Crippen LogP contribution in [-0.2, 0) is 9.59 Å². The van der Waals surface area contributed by atoms with Crippen molar-refractivity contribution in [2.45, 2.75) is 51.0 Å². The Labute approximate surface area is 102 Å². The lowest BCUT2D eigenvalue weighted by Crippen LogP contribution is -2.46. The lowest BCUT2D eigenvalue weighted by atomic mass is 10.0. The second kappa shape index (κ2) is 8.06. The van der Waals surface area contributed by atoms with Crippen molar-refractivity contribution in [2.75, 3.05) is 13.1 Å². The number of hydrogen-bond donors (Lipinski definition) is 3. The molecule has 0 radical (unpaired) electrons. The minimum Gasteiger partial charge on any atom is -0.481 e. The van der Waals surface area contributed by atoms with E-state index in [0.29, 0.717) is 13.0 Å². The highest BCUT2D eigenvalue weighted by Gasteiger charge is 2.19. The molecule has 0 aromatic heterocycles. The van der Waals surface area contributed by atoms with Crippen LogP contribution >= 0.6 is 0 Å². The van der Waals surface area contributed by atoms with E-state index in [0.717, 1.165) is 38.6 Å². The molecule has 98 valence electrons. The maximum Gasteiger partial charge on any atom is 0.303 e. The molecule has 0 aromatic rings. The number of unbranched alkanes of at least 4 members (excludes halogenated alkanes) is 2. The largest absolute Gasteiger partial charge is 0.481 e. The SMILES string of the molecule is O=C(O)CCCCCNC(=O)[C@@H]1CCCCN1. The van der Waals surface area contributed by atoms with E-state index in [2.05, 4.69) is 10.6 Å². The number of hydrogen-bond acceptors (Lipinski definition) is 3. The van der Waals surface area contributed by atoms with Gasteiger partial charge in [0.15, 0.2) is 0 Å². The average molecular weight is 242 g/mol. The second-order valence-electron chi connectivity index (χ2n) is 4.50. The van der Waals surface area contributed by atoms with Gasteiger partial charge < -0.3 is 15.7 Å². The van der Waals surface area contributed by atoms with Gasteiger partial charge in [0.1, 0.15) is 0 Å². The minimum absolute atomic E-state index is 0.0252. The van der Waals surface area contributed by atoms with E-state index < -0.39 is 5.97 Å². The topological polar surface area (TPSA) is 78.4 Å². The third kappa shape index (κ3) is 6.26. The fourth-order valence-electron chi connectivity index (χ4n) is 1.99. The van der Waals surface area contributed by atoms with Crippen LogP contribution in [-0.4, -0.2) is 36.1 Å². The number of carboxylic acids is 1. The number of piperidine rings is 1. The zero-order valence-corrected chi connectivity index (χ0v) is 10.2. The molecule has 1 rings (SSSR count). The van der Waals surface area contributed by atoms with Gasteiger partial charge in [-0.25, -0.2) is 0 Å². The van der Waals surface area contributed by atoms with E-state index in [1.165, 1.54) is 0 Å². The molecule has 3 N–H and O–H groups in total. The molecule has 1 aliphatic heterocycles. The van der Waals surface area contributed by atoms with Crippen LogP contribution in [0.1, 0.15) is 44.9 Å². The zero-order valence-electron chi connectivity index (χ0n) is 10.2. The number of carboxylic acid groups (broad SMARTS) is 1. The quantitative estimate of drug-likeness (QED) is 0.579. The van der Waals surface area contributed by atoms with Gasteiger partial charge in [-0.3, -0.25) is 9.59 Å². The average Bonchev–Trinajstić information content (AvgIpc) is 2.34. The van der Waals surface area contributed by atoms with Gasteiger partial charge in [-0.15, -0.1) is 0 Å². The van der Waals surface area contributed by atoms with Crippen molar-refractivity contribution in [3.8, 4) is 0 Å². The van der Waals surface area contributed by atoms with Crippen LogP contribution in [0.15, 0.2) is 0 Å². The number of carbonyl (C=O) groups excluding carboxylic acids is 1. The molecule has 0 spiro atoms. The van der Waals surface area contributed by atoms with E-state index in [1.807, 2.05) is 0 Å². The third-order valence-electron chi connectivity index (χ3n) is 2.99. The zero-order chi connectivity index (χ0) is 12.5. The molecule has 1 saturated heterocycles. The first-order chi connectivity index (χ1) is 8.20. The predicted octanol–water partition coefficient (Wildman–Crippen LogP) is 0.890. The Morgan fingerprint density at radius 2 is 2.06 bits per heavy atom. The summed E-state index contributed by atoms with van der Waals surface area (Å²) in [5.74, 6) is -0.664. The Kier molecular flexibility index (Phi) is 6.62. The highest BCUT2D eigenvalue weighted by molar-refractivity contribution is 5.81. The molecular weight excluding hydrogens is 220 g/mol. The van der Waals surface area contributed by atoms with Crippen molar-refractivity contribution in [1.82, 2.24) is 10.6 Å². The molecule has 5 nitrogen and oxygen atoms in total. The molecule has 1 atom stereocenters. The van der Waals surface area contributed by atoms with Gasteiger partial charge in [-0.2, -0.15) is 0 Å². The van der Waals surface area contributed by atoms with Crippen LogP contribution in [0.3, 0.4) is 0 Å². The molecule has 5 heteroatoms. The number of amides is 1. The molecule has 0 bridgehead atoms. The van der Waals surface area contributed by atoms with Crippen molar-refractivity contribution < 1.29 is 14.7 Å². The Balaban J connectivity index is 1.98. The van der Waals surface area contributed by atoms with Crippen molar-refractivity contribution in [1.29, 1.82) is 0 Å². The van der Waals surface area contributed by atoms with E-state index >= 15 is 0 Å². The van der Waals surface area contributed by atoms with E-state index in [4.69, 9.17) is 5.11 Å². The maximum absolute atomic E-state index is 11.7. The fourth-order valence-corrected chi connectivity index (χ4v) is 1.99. The monoisotopic (exact) mass is 242 g/mol. The van der Waals surface area contributed by atoms with Gasteiger partial charge in [0.2, 0.25) is 5.91 Å². The molecule has 0 unspecified atom stereocenters. The lowest BCUT2D eigenvalue weighted by molar-refractivity contribution is -0.137. The minimum atomic E-state index is -0.750. The van der Waals surface area contributed by atoms with Gasteiger partial charge in [0.05, 0.1) is 6.04 Å². The van der Waals surface area contributed by atoms with Crippen LogP contribution in [0, 0.1) is 0 Å². The molecule has 1 aliphatic rings. The summed E-state index contributed by atoms with van der Waals surface area (Å²) in [6.07, 6.45) is 5.80. The standard InChI is InChI=1S/C12H22N2O3/c15-11(16)7-2-1-4-9-14-12(17)10-6-3-5-8-13-10/h10,13H,1-9H2,(H,14,17)(H,15,16)/t10-/m0/s1. The van der Waals surface area contributed by atoms with E-state index in [-0.39, 0.29) is 18.4 Å². The van der Waals surface area contributed by atoms with Gasteiger partial charge in [-0.1, -0.05) is 12.8 Å². The highest BCUT2D eigenvalue weighted by Crippen LogP contribution is 2.06. The van der Waals surface area contributed by atoms with Crippen molar-refractivity contribution in [3.05, 3.63) is 0 Å². The number of rotatable bonds is 7. The summed E-state index contributed by atoms with van der Waals surface area (Å²) in [6, 6.07) is -0.0252. The number of carbonyl (C=O) groups is 2. The summed E-state index contributed by atoms with van der Waals surface area (Å²) in [5, 5.41) is 14.5. The number of aliphatic carboxylic acids is 1. The van der Waals surface area contributed by atoms with Gasteiger partial charge in [0, 0.05) is 13.0 Å². The summed E-state index contributed by atoms with van der Waals surface area (Å²) in [6.45, 7) is 1.58. The first-order valence-corrected chi connectivity index (χ1v) is 6.43. The Morgan fingerprint density at radius 1 is 1.24 bits per heavy atom. The van der Waals surface area contributed by atoms with Gasteiger partial charge in [0.25, 0.3) is 0 Å². The van der Waals surface area contributed by atoms with Crippen LogP contribution < -0.4 is 10.6 Å². The smallest absolute Gasteiger partial charge is 0.303 e. The lowest BCUT2D eigenvalue weighted by Gasteiger charge is -2.22. The van der Waals surface area contributed by atoms with E-state index in [1.54, 1.807) is 0 Å². The summed E-state index contributed by atoms with van der Waals surface area (Å²) >= 11 is 0. The first-order valence-electron chi connectivity index (χ1n) is 6.43. The Morgan fingerprint density at radius 3 is 2.71 bits per heavy atom. The third-order valence-corrected chi connectivity index (χ3v) is 2.99.